The van der Waals surface area contributed by atoms with E-state index in [4.69, 9.17) is 16.9 Å². The van der Waals surface area contributed by atoms with Crippen molar-refractivity contribution in [2.45, 2.75) is 5.88 Å². The van der Waals surface area contributed by atoms with Crippen LogP contribution in [-0.4, -0.2) is 5.26 Å². The lowest BCUT2D eigenvalue weighted by molar-refractivity contribution is -0.137. The van der Waals surface area contributed by atoms with Gasteiger partial charge >= 0.3 is 0 Å². The number of halogens is 1. The van der Waals surface area contributed by atoms with Gasteiger partial charge in [-0.25, -0.2) is 5.26 Å². The Hall–Kier alpha value is -1.51. The molecular formula is C13H11ClO2. The van der Waals surface area contributed by atoms with Crippen molar-refractivity contribution in [1.29, 1.82) is 0 Å². The Balaban J connectivity index is 2.42. The summed E-state index contributed by atoms with van der Waals surface area (Å²) in [5, 5.41) is 8.76. The van der Waals surface area contributed by atoms with Gasteiger partial charge in [0.15, 0.2) is 5.75 Å². The molecule has 16 heavy (non-hydrogen) atoms. The minimum Gasteiger partial charge on any atom is -0.340 e. The zero-order valence-corrected chi connectivity index (χ0v) is 9.32. The SMILES string of the molecule is OOc1ccccc1-c1ccc(CCl)cc1. The van der Waals surface area contributed by atoms with Crippen molar-refractivity contribution in [3.63, 3.8) is 0 Å². The summed E-state index contributed by atoms with van der Waals surface area (Å²) in [5.74, 6) is 0.944. The van der Waals surface area contributed by atoms with Crippen LogP contribution >= 0.6 is 11.6 Å². The Bertz CT molecular complexity index is 466. The monoisotopic (exact) mass is 234 g/mol. The standard InChI is InChI=1S/C13H11ClO2/c14-9-10-5-7-11(8-6-10)12-3-1-2-4-13(12)16-15/h1-8,15H,9H2. The molecule has 1 N–H and O–H groups in total. The molecule has 3 heteroatoms. The van der Waals surface area contributed by atoms with Gasteiger partial charge in [0, 0.05) is 11.4 Å². The third-order valence-corrected chi connectivity index (χ3v) is 2.71. The van der Waals surface area contributed by atoms with E-state index >= 15 is 0 Å². The van der Waals surface area contributed by atoms with Crippen LogP contribution in [0.15, 0.2) is 48.5 Å². The van der Waals surface area contributed by atoms with Gasteiger partial charge in [-0.15, -0.1) is 11.6 Å². The molecule has 0 atom stereocenters. The summed E-state index contributed by atoms with van der Waals surface area (Å²) in [4.78, 5) is 4.33. The molecule has 0 saturated heterocycles. The highest BCUT2D eigenvalue weighted by Crippen LogP contribution is 2.29. The Morgan fingerprint density at radius 1 is 1.00 bits per heavy atom. The molecule has 0 aliphatic carbocycles. The number of para-hydroxylation sites is 1. The van der Waals surface area contributed by atoms with Gasteiger partial charge in [-0.1, -0.05) is 42.5 Å². The van der Waals surface area contributed by atoms with Crippen LogP contribution in [0.4, 0.5) is 0 Å². The highest BCUT2D eigenvalue weighted by Gasteiger charge is 2.05. The van der Waals surface area contributed by atoms with Gasteiger partial charge in [-0.05, 0) is 17.2 Å². The summed E-state index contributed by atoms with van der Waals surface area (Å²) in [5.41, 5.74) is 2.90. The molecule has 0 bridgehead atoms. The minimum absolute atomic E-state index is 0.445. The average Bonchev–Trinajstić information content (AvgIpc) is 2.39. The largest absolute Gasteiger partial charge is 0.340 e. The molecule has 2 aromatic rings. The van der Waals surface area contributed by atoms with E-state index in [-0.39, 0.29) is 0 Å². The molecular weight excluding hydrogens is 224 g/mol. The predicted octanol–water partition coefficient (Wildman–Crippen LogP) is 3.94. The van der Waals surface area contributed by atoms with E-state index in [0.29, 0.717) is 11.6 Å². The predicted molar refractivity (Wildman–Crippen MR) is 64.7 cm³/mol. The van der Waals surface area contributed by atoms with Crippen molar-refractivity contribution in [1.82, 2.24) is 0 Å². The fourth-order valence-corrected chi connectivity index (χ4v) is 1.74. The van der Waals surface area contributed by atoms with E-state index in [0.717, 1.165) is 16.7 Å². The quantitative estimate of drug-likeness (QED) is 0.495. The van der Waals surface area contributed by atoms with Crippen molar-refractivity contribution in [3.05, 3.63) is 54.1 Å². The van der Waals surface area contributed by atoms with E-state index < -0.39 is 0 Å². The van der Waals surface area contributed by atoms with Crippen LogP contribution in [0.25, 0.3) is 11.1 Å². The first-order chi connectivity index (χ1) is 7.85. The van der Waals surface area contributed by atoms with E-state index in [9.17, 15) is 0 Å². The average molecular weight is 235 g/mol. The smallest absolute Gasteiger partial charge is 0.172 e. The maximum atomic E-state index is 8.76. The second kappa shape index (κ2) is 5.01. The van der Waals surface area contributed by atoms with E-state index in [1.807, 2.05) is 42.5 Å². The van der Waals surface area contributed by atoms with Crippen LogP contribution in [0, 0.1) is 0 Å². The Morgan fingerprint density at radius 3 is 2.31 bits per heavy atom. The number of hydrogen-bond acceptors (Lipinski definition) is 2. The van der Waals surface area contributed by atoms with Crippen molar-refractivity contribution >= 4 is 11.6 Å². The normalized spacial score (nSPS) is 10.1. The molecule has 0 aliphatic heterocycles. The second-order valence-electron chi connectivity index (χ2n) is 3.42. The van der Waals surface area contributed by atoms with E-state index in [2.05, 4.69) is 4.89 Å². The third-order valence-electron chi connectivity index (χ3n) is 2.40. The fraction of sp³-hybridized carbons (Fsp3) is 0.0769. The lowest BCUT2D eigenvalue weighted by Crippen LogP contribution is -1.88. The van der Waals surface area contributed by atoms with Crippen LogP contribution in [0.2, 0.25) is 0 Å². The summed E-state index contributed by atoms with van der Waals surface area (Å²) in [6.45, 7) is 0. The van der Waals surface area contributed by atoms with Crippen molar-refractivity contribution in [2.24, 2.45) is 0 Å². The second-order valence-corrected chi connectivity index (χ2v) is 3.69. The fourth-order valence-electron chi connectivity index (χ4n) is 1.56. The van der Waals surface area contributed by atoms with Crippen LogP contribution in [0.3, 0.4) is 0 Å². The Labute approximate surface area is 99.0 Å². The molecule has 0 saturated carbocycles. The molecule has 2 nitrogen and oxygen atoms in total. The van der Waals surface area contributed by atoms with Gasteiger partial charge in [-0.3, -0.25) is 0 Å². The number of alkyl halides is 1. The van der Waals surface area contributed by atoms with Gasteiger partial charge < -0.3 is 4.89 Å². The minimum atomic E-state index is 0.445. The zero-order valence-electron chi connectivity index (χ0n) is 8.56. The summed E-state index contributed by atoms with van der Waals surface area (Å²) in [6, 6.07) is 15.1. The summed E-state index contributed by atoms with van der Waals surface area (Å²) < 4.78 is 0. The molecule has 2 rings (SSSR count). The molecule has 0 fully saturated rings. The van der Waals surface area contributed by atoms with Crippen molar-refractivity contribution < 1.29 is 10.1 Å². The van der Waals surface area contributed by atoms with Gasteiger partial charge in [-0.2, -0.15) is 0 Å². The van der Waals surface area contributed by atoms with Gasteiger partial charge in [0.05, 0.1) is 0 Å². The number of benzene rings is 2. The summed E-state index contributed by atoms with van der Waals surface area (Å²) in [6.07, 6.45) is 0. The van der Waals surface area contributed by atoms with Gasteiger partial charge in [0.2, 0.25) is 0 Å². The van der Waals surface area contributed by atoms with Gasteiger partial charge in [0.1, 0.15) is 0 Å². The van der Waals surface area contributed by atoms with E-state index in [1.165, 1.54) is 0 Å². The maximum Gasteiger partial charge on any atom is 0.172 e. The third kappa shape index (κ3) is 2.18. The molecule has 82 valence electrons. The number of rotatable bonds is 3. The number of hydrogen-bond donors (Lipinski definition) is 1. The zero-order chi connectivity index (χ0) is 11.4. The molecule has 0 aromatic heterocycles. The molecule has 0 unspecified atom stereocenters. The molecule has 2 aromatic carbocycles. The lowest BCUT2D eigenvalue weighted by Gasteiger charge is -2.06. The molecule has 0 amide bonds. The van der Waals surface area contributed by atoms with Crippen LogP contribution in [-0.2, 0) is 5.88 Å². The molecule has 0 radical (unpaired) electrons. The lowest BCUT2D eigenvalue weighted by atomic mass is 10.0. The highest BCUT2D eigenvalue weighted by atomic mass is 35.5. The maximum absolute atomic E-state index is 8.76. The summed E-state index contributed by atoms with van der Waals surface area (Å²) >= 11 is 5.72. The first-order valence-corrected chi connectivity index (χ1v) is 5.44. The highest BCUT2D eigenvalue weighted by molar-refractivity contribution is 6.17. The topological polar surface area (TPSA) is 29.5 Å². The van der Waals surface area contributed by atoms with Crippen LogP contribution in [0.5, 0.6) is 5.75 Å². The first-order valence-electron chi connectivity index (χ1n) is 4.91. The van der Waals surface area contributed by atoms with Crippen molar-refractivity contribution in [3.8, 4) is 16.9 Å². The molecule has 0 aliphatic rings. The molecule has 0 spiro atoms. The van der Waals surface area contributed by atoms with Crippen LogP contribution in [0.1, 0.15) is 5.56 Å². The van der Waals surface area contributed by atoms with Crippen molar-refractivity contribution in [2.75, 3.05) is 0 Å². The van der Waals surface area contributed by atoms with E-state index in [1.54, 1.807) is 6.07 Å². The van der Waals surface area contributed by atoms with Gasteiger partial charge in [0.25, 0.3) is 0 Å². The Morgan fingerprint density at radius 2 is 1.69 bits per heavy atom. The first kappa shape index (κ1) is 11.0. The Kier molecular flexibility index (Phi) is 3.44. The molecule has 0 heterocycles. The van der Waals surface area contributed by atoms with Crippen LogP contribution < -0.4 is 4.89 Å². The summed E-state index contributed by atoms with van der Waals surface area (Å²) in [7, 11) is 0.